The Kier molecular flexibility index (Phi) is 2.00. The van der Waals surface area contributed by atoms with Gasteiger partial charge in [-0.3, -0.25) is 4.99 Å². The molecule has 1 aliphatic carbocycles. The van der Waals surface area contributed by atoms with E-state index in [-0.39, 0.29) is 11.0 Å². The fourth-order valence-corrected chi connectivity index (χ4v) is 2.98. The van der Waals surface area contributed by atoms with Gasteiger partial charge in [0, 0.05) is 12.1 Å². The summed E-state index contributed by atoms with van der Waals surface area (Å²) >= 11 is 0. The van der Waals surface area contributed by atoms with Crippen LogP contribution in [0.25, 0.3) is 0 Å². The zero-order valence-corrected chi connectivity index (χ0v) is 10.9. The summed E-state index contributed by atoms with van der Waals surface area (Å²) in [4.78, 5) is 4.72. The van der Waals surface area contributed by atoms with E-state index in [4.69, 9.17) is 4.99 Å². The van der Waals surface area contributed by atoms with Crippen LogP contribution >= 0.6 is 0 Å². The second-order valence-corrected chi connectivity index (χ2v) is 7.04. The van der Waals surface area contributed by atoms with Gasteiger partial charge in [-0.15, -0.1) is 0 Å². The van der Waals surface area contributed by atoms with Crippen molar-refractivity contribution in [2.45, 2.75) is 53.5 Å². The lowest BCUT2D eigenvalue weighted by atomic mass is 9.61. The quantitative estimate of drug-likeness (QED) is 0.533. The minimum atomic E-state index is 0.176. The van der Waals surface area contributed by atoms with Crippen molar-refractivity contribution < 1.29 is 0 Å². The van der Waals surface area contributed by atoms with Gasteiger partial charge < -0.3 is 0 Å². The summed E-state index contributed by atoms with van der Waals surface area (Å²) < 4.78 is 0. The molecule has 2 atom stereocenters. The molecule has 1 heteroatoms. The van der Waals surface area contributed by atoms with Gasteiger partial charge in [0.1, 0.15) is 0 Å². The second kappa shape index (κ2) is 2.75. The molecule has 15 heavy (non-hydrogen) atoms. The smallest absolute Gasteiger partial charge is 0.0801 e. The van der Waals surface area contributed by atoms with E-state index in [0.717, 1.165) is 6.42 Å². The molecule has 0 radical (unpaired) electrons. The van der Waals surface area contributed by atoms with Crippen molar-refractivity contribution in [3.05, 3.63) is 11.6 Å². The largest absolute Gasteiger partial charge is 0.288 e. The molecule has 1 heterocycles. The molecular weight excluding hydrogens is 182 g/mol. The first-order chi connectivity index (χ1) is 6.68. The summed E-state index contributed by atoms with van der Waals surface area (Å²) in [7, 11) is 0. The van der Waals surface area contributed by atoms with Crippen LogP contribution in [-0.4, -0.2) is 11.8 Å². The van der Waals surface area contributed by atoms with Gasteiger partial charge in [-0.1, -0.05) is 53.2 Å². The fourth-order valence-electron chi connectivity index (χ4n) is 2.98. The molecule has 2 aliphatic rings. The maximum Gasteiger partial charge on any atom is 0.0801 e. The van der Waals surface area contributed by atoms with E-state index in [9.17, 15) is 0 Å². The SMILES string of the molecule is CC(C)(C)C1=CC[C@]2(C(C)(C)C)N=C[C@H]12. The first-order valence-electron chi connectivity index (χ1n) is 5.94. The Morgan fingerprint density at radius 1 is 1.20 bits per heavy atom. The molecule has 0 aromatic carbocycles. The van der Waals surface area contributed by atoms with Crippen LogP contribution in [0.15, 0.2) is 16.6 Å². The summed E-state index contributed by atoms with van der Waals surface area (Å²) in [6, 6.07) is 0. The Morgan fingerprint density at radius 3 is 2.07 bits per heavy atom. The average Bonchev–Trinajstić information content (AvgIpc) is 2.20. The van der Waals surface area contributed by atoms with E-state index in [2.05, 4.69) is 53.8 Å². The van der Waals surface area contributed by atoms with Crippen molar-refractivity contribution in [2.24, 2.45) is 21.7 Å². The Morgan fingerprint density at radius 2 is 1.80 bits per heavy atom. The molecule has 0 saturated carbocycles. The lowest BCUT2D eigenvalue weighted by Gasteiger charge is -2.49. The van der Waals surface area contributed by atoms with E-state index in [1.54, 1.807) is 5.57 Å². The molecule has 0 bridgehead atoms. The Bertz CT molecular complexity index is 335. The van der Waals surface area contributed by atoms with E-state index < -0.39 is 0 Å². The van der Waals surface area contributed by atoms with Crippen LogP contribution in [0.1, 0.15) is 48.0 Å². The van der Waals surface area contributed by atoms with Gasteiger partial charge in [0.2, 0.25) is 0 Å². The van der Waals surface area contributed by atoms with Crippen molar-refractivity contribution in [1.82, 2.24) is 0 Å². The molecule has 1 aliphatic heterocycles. The Balaban J connectivity index is 2.32. The standard InChI is InChI=1S/C14H23N/c1-12(2,3)10-7-8-14(13(4,5)6)11(10)9-15-14/h7,9,11H,8H2,1-6H3/t11-,14+/m1/s1. The normalized spacial score (nSPS) is 34.8. The minimum absolute atomic E-state index is 0.176. The predicted octanol–water partition coefficient (Wildman–Crippen LogP) is 3.85. The van der Waals surface area contributed by atoms with Gasteiger partial charge in [0.25, 0.3) is 0 Å². The summed E-state index contributed by atoms with van der Waals surface area (Å²) in [6.07, 6.45) is 5.72. The maximum atomic E-state index is 4.72. The molecule has 84 valence electrons. The summed E-state index contributed by atoms with van der Waals surface area (Å²) in [5.41, 5.74) is 2.34. The third kappa shape index (κ3) is 1.32. The number of aliphatic imine (C=N–C) groups is 1. The number of fused-ring (bicyclic) bond motifs is 1. The van der Waals surface area contributed by atoms with E-state index in [1.807, 2.05) is 0 Å². The van der Waals surface area contributed by atoms with E-state index in [0.29, 0.717) is 11.3 Å². The molecule has 2 rings (SSSR count). The molecule has 0 N–H and O–H groups in total. The van der Waals surface area contributed by atoms with Crippen molar-refractivity contribution in [2.75, 3.05) is 0 Å². The summed E-state index contributed by atoms with van der Waals surface area (Å²) in [6.45, 7) is 13.9. The van der Waals surface area contributed by atoms with Gasteiger partial charge in [-0.2, -0.15) is 0 Å². The van der Waals surface area contributed by atoms with Gasteiger partial charge in [0.05, 0.1) is 5.54 Å². The van der Waals surface area contributed by atoms with Gasteiger partial charge in [-0.05, 0) is 17.3 Å². The summed E-state index contributed by atoms with van der Waals surface area (Å²) in [5, 5.41) is 0. The van der Waals surface area contributed by atoms with Crippen molar-refractivity contribution in [1.29, 1.82) is 0 Å². The zero-order chi connectivity index (χ0) is 11.5. The molecule has 0 aromatic heterocycles. The van der Waals surface area contributed by atoms with Crippen molar-refractivity contribution >= 4 is 6.21 Å². The molecular formula is C14H23N. The second-order valence-electron chi connectivity index (χ2n) is 7.04. The number of hydrogen-bond donors (Lipinski definition) is 0. The van der Waals surface area contributed by atoms with Crippen molar-refractivity contribution in [3.63, 3.8) is 0 Å². The first-order valence-corrected chi connectivity index (χ1v) is 5.94. The fraction of sp³-hybridized carbons (Fsp3) is 0.786. The molecule has 0 amide bonds. The number of hydrogen-bond acceptors (Lipinski definition) is 1. The Labute approximate surface area is 93.7 Å². The lowest BCUT2D eigenvalue weighted by molar-refractivity contribution is 0.149. The highest BCUT2D eigenvalue weighted by molar-refractivity contribution is 5.77. The monoisotopic (exact) mass is 205 g/mol. The van der Waals surface area contributed by atoms with Crippen LogP contribution in [0, 0.1) is 16.7 Å². The van der Waals surface area contributed by atoms with Crippen LogP contribution in [0.5, 0.6) is 0 Å². The van der Waals surface area contributed by atoms with Crippen LogP contribution in [0.2, 0.25) is 0 Å². The lowest BCUT2D eigenvalue weighted by Crippen LogP contribution is -2.53. The third-order valence-electron chi connectivity index (χ3n) is 4.10. The molecule has 0 unspecified atom stereocenters. The van der Waals surface area contributed by atoms with Crippen LogP contribution in [-0.2, 0) is 0 Å². The van der Waals surface area contributed by atoms with Crippen LogP contribution < -0.4 is 0 Å². The molecule has 0 saturated heterocycles. The van der Waals surface area contributed by atoms with Crippen LogP contribution in [0.3, 0.4) is 0 Å². The van der Waals surface area contributed by atoms with Gasteiger partial charge in [-0.25, -0.2) is 0 Å². The molecule has 0 aromatic rings. The highest BCUT2D eigenvalue weighted by Crippen LogP contribution is 2.56. The molecule has 0 spiro atoms. The Hall–Kier alpha value is -0.590. The number of rotatable bonds is 0. The molecule has 0 fully saturated rings. The number of nitrogens with zero attached hydrogens (tertiary/aromatic N) is 1. The zero-order valence-electron chi connectivity index (χ0n) is 10.9. The topological polar surface area (TPSA) is 12.4 Å². The maximum absolute atomic E-state index is 4.72. The van der Waals surface area contributed by atoms with Gasteiger partial charge in [0.15, 0.2) is 0 Å². The average molecular weight is 205 g/mol. The third-order valence-corrected chi connectivity index (χ3v) is 4.10. The van der Waals surface area contributed by atoms with E-state index in [1.165, 1.54) is 0 Å². The first kappa shape index (κ1) is 10.9. The highest BCUT2D eigenvalue weighted by atomic mass is 15.0. The van der Waals surface area contributed by atoms with Crippen molar-refractivity contribution in [3.8, 4) is 0 Å². The summed E-state index contributed by atoms with van der Waals surface area (Å²) in [5.74, 6) is 0.595. The van der Waals surface area contributed by atoms with Gasteiger partial charge >= 0.3 is 0 Å². The minimum Gasteiger partial charge on any atom is -0.288 e. The van der Waals surface area contributed by atoms with Crippen LogP contribution in [0.4, 0.5) is 0 Å². The molecule has 1 nitrogen and oxygen atoms in total. The predicted molar refractivity (Wildman–Crippen MR) is 66.3 cm³/mol. The van der Waals surface area contributed by atoms with E-state index >= 15 is 0 Å². The highest BCUT2D eigenvalue weighted by Gasteiger charge is 2.56.